The lowest BCUT2D eigenvalue weighted by Crippen LogP contribution is -2.42. The smallest absolute Gasteiger partial charge is 0.253 e. The molecule has 1 aromatic carbocycles. The zero-order valence-electron chi connectivity index (χ0n) is 8.68. The van der Waals surface area contributed by atoms with E-state index in [0.29, 0.717) is 6.61 Å². The molecular weight excluding hydrogens is 192 g/mol. The van der Waals surface area contributed by atoms with Crippen molar-refractivity contribution in [1.82, 2.24) is 0 Å². The standard InChI is InChI=1S/C12H14O3/c1-10-7-8-14-12(9-13,15-10)11-5-3-2-4-6-11/h2-6,9-10H,7-8H2,1H3/t10-,12+/m1/s1. The zero-order valence-corrected chi connectivity index (χ0v) is 8.68. The molecular formula is C12H14O3. The molecule has 3 heteroatoms. The van der Waals surface area contributed by atoms with E-state index in [1.165, 1.54) is 0 Å². The van der Waals surface area contributed by atoms with E-state index in [-0.39, 0.29) is 6.10 Å². The van der Waals surface area contributed by atoms with E-state index >= 15 is 0 Å². The minimum Gasteiger partial charge on any atom is -0.340 e. The summed E-state index contributed by atoms with van der Waals surface area (Å²) >= 11 is 0. The maximum Gasteiger partial charge on any atom is 0.253 e. The second kappa shape index (κ2) is 4.13. The van der Waals surface area contributed by atoms with E-state index in [0.717, 1.165) is 18.3 Å². The van der Waals surface area contributed by atoms with Crippen LogP contribution in [0.1, 0.15) is 18.9 Å². The summed E-state index contributed by atoms with van der Waals surface area (Å²) in [6, 6.07) is 9.31. The summed E-state index contributed by atoms with van der Waals surface area (Å²) in [4.78, 5) is 11.2. The van der Waals surface area contributed by atoms with Crippen molar-refractivity contribution in [3.8, 4) is 0 Å². The summed E-state index contributed by atoms with van der Waals surface area (Å²) < 4.78 is 11.1. The Hall–Kier alpha value is -1.19. The Morgan fingerprint density at radius 2 is 2.13 bits per heavy atom. The number of benzene rings is 1. The number of carbonyl (C=O) groups excluding carboxylic acids is 1. The second-order valence-electron chi connectivity index (χ2n) is 3.72. The monoisotopic (exact) mass is 206 g/mol. The molecule has 2 atom stereocenters. The Kier molecular flexibility index (Phi) is 2.84. The average molecular weight is 206 g/mol. The predicted octanol–water partition coefficient (Wildman–Crippen LogP) is 1.86. The SMILES string of the molecule is C[C@@H]1CCO[C@](C=O)(c2ccccc2)O1. The maximum absolute atomic E-state index is 11.2. The summed E-state index contributed by atoms with van der Waals surface area (Å²) in [5.41, 5.74) is 0.756. The van der Waals surface area contributed by atoms with Crippen LogP contribution in [-0.2, 0) is 20.1 Å². The number of aldehydes is 1. The third-order valence-corrected chi connectivity index (χ3v) is 2.55. The molecule has 1 aliphatic rings. The average Bonchev–Trinajstić information content (AvgIpc) is 2.30. The molecule has 0 aromatic heterocycles. The van der Waals surface area contributed by atoms with Crippen LogP contribution in [0.4, 0.5) is 0 Å². The Labute approximate surface area is 89.0 Å². The molecule has 1 aliphatic heterocycles. The first-order valence-corrected chi connectivity index (χ1v) is 5.10. The van der Waals surface area contributed by atoms with Crippen LogP contribution in [0.5, 0.6) is 0 Å². The highest BCUT2D eigenvalue weighted by molar-refractivity contribution is 5.64. The summed E-state index contributed by atoms with van der Waals surface area (Å²) in [5.74, 6) is -1.20. The van der Waals surface area contributed by atoms with Gasteiger partial charge in [0.05, 0.1) is 12.7 Å². The molecule has 0 unspecified atom stereocenters. The number of rotatable bonds is 2. The predicted molar refractivity (Wildman–Crippen MR) is 55.3 cm³/mol. The van der Waals surface area contributed by atoms with Crippen molar-refractivity contribution in [3.05, 3.63) is 35.9 Å². The quantitative estimate of drug-likeness (QED) is 0.693. The van der Waals surface area contributed by atoms with E-state index in [9.17, 15) is 4.79 Å². The number of hydrogen-bond acceptors (Lipinski definition) is 3. The van der Waals surface area contributed by atoms with Gasteiger partial charge in [-0.15, -0.1) is 0 Å². The van der Waals surface area contributed by atoms with Crippen LogP contribution >= 0.6 is 0 Å². The minimum absolute atomic E-state index is 0.0455. The van der Waals surface area contributed by atoms with Gasteiger partial charge in [-0.25, -0.2) is 0 Å². The van der Waals surface area contributed by atoms with Crippen molar-refractivity contribution >= 4 is 6.29 Å². The van der Waals surface area contributed by atoms with Crippen LogP contribution in [0, 0.1) is 0 Å². The largest absolute Gasteiger partial charge is 0.340 e. The fraction of sp³-hybridized carbons (Fsp3) is 0.417. The Morgan fingerprint density at radius 3 is 2.73 bits per heavy atom. The fourth-order valence-electron chi connectivity index (χ4n) is 1.72. The van der Waals surface area contributed by atoms with Crippen molar-refractivity contribution in [3.63, 3.8) is 0 Å². The van der Waals surface area contributed by atoms with E-state index in [4.69, 9.17) is 9.47 Å². The number of carbonyl (C=O) groups is 1. The lowest BCUT2D eigenvalue weighted by molar-refractivity contribution is -0.273. The third kappa shape index (κ3) is 1.94. The molecule has 0 bridgehead atoms. The van der Waals surface area contributed by atoms with Crippen molar-refractivity contribution in [2.75, 3.05) is 6.61 Å². The van der Waals surface area contributed by atoms with Crippen molar-refractivity contribution in [1.29, 1.82) is 0 Å². The molecule has 1 heterocycles. The summed E-state index contributed by atoms with van der Waals surface area (Å²) in [6.45, 7) is 2.50. The van der Waals surface area contributed by atoms with Gasteiger partial charge >= 0.3 is 0 Å². The summed E-state index contributed by atoms with van der Waals surface area (Å²) in [6.07, 6.45) is 1.60. The molecule has 3 nitrogen and oxygen atoms in total. The first-order valence-electron chi connectivity index (χ1n) is 5.10. The molecule has 1 aromatic rings. The Morgan fingerprint density at radius 1 is 1.40 bits per heavy atom. The van der Waals surface area contributed by atoms with Gasteiger partial charge in [-0.2, -0.15) is 0 Å². The van der Waals surface area contributed by atoms with Crippen molar-refractivity contribution in [2.45, 2.75) is 25.2 Å². The van der Waals surface area contributed by atoms with E-state index in [1.54, 1.807) is 0 Å². The molecule has 0 saturated carbocycles. The molecule has 1 fully saturated rings. The van der Waals surface area contributed by atoms with Crippen molar-refractivity contribution < 1.29 is 14.3 Å². The van der Waals surface area contributed by atoms with E-state index in [2.05, 4.69) is 0 Å². The molecule has 0 aliphatic carbocycles. The van der Waals surface area contributed by atoms with Crippen LogP contribution in [-0.4, -0.2) is 19.0 Å². The first kappa shape index (κ1) is 10.3. The van der Waals surface area contributed by atoms with Gasteiger partial charge in [0.1, 0.15) is 0 Å². The normalized spacial score (nSPS) is 31.1. The van der Waals surface area contributed by atoms with Gasteiger partial charge < -0.3 is 9.47 Å². The van der Waals surface area contributed by atoms with Gasteiger partial charge in [0, 0.05) is 5.56 Å². The second-order valence-corrected chi connectivity index (χ2v) is 3.72. The van der Waals surface area contributed by atoms with Crippen LogP contribution < -0.4 is 0 Å². The molecule has 80 valence electrons. The first-order chi connectivity index (χ1) is 7.27. The van der Waals surface area contributed by atoms with Crippen LogP contribution in [0.2, 0.25) is 0 Å². The van der Waals surface area contributed by atoms with Crippen LogP contribution in [0.3, 0.4) is 0 Å². The van der Waals surface area contributed by atoms with Crippen LogP contribution in [0.25, 0.3) is 0 Å². The highest BCUT2D eigenvalue weighted by atomic mass is 16.7. The van der Waals surface area contributed by atoms with Crippen molar-refractivity contribution in [2.24, 2.45) is 0 Å². The van der Waals surface area contributed by atoms with E-state index < -0.39 is 5.79 Å². The summed E-state index contributed by atoms with van der Waals surface area (Å²) in [7, 11) is 0. The molecule has 0 radical (unpaired) electrons. The lowest BCUT2D eigenvalue weighted by atomic mass is 10.1. The molecule has 0 N–H and O–H groups in total. The summed E-state index contributed by atoms with van der Waals surface area (Å²) in [5, 5.41) is 0. The van der Waals surface area contributed by atoms with Gasteiger partial charge in [0.25, 0.3) is 5.79 Å². The van der Waals surface area contributed by atoms with Crippen LogP contribution in [0.15, 0.2) is 30.3 Å². The van der Waals surface area contributed by atoms with Gasteiger partial charge in [-0.05, 0) is 13.3 Å². The molecule has 2 rings (SSSR count). The Balaban J connectivity index is 2.32. The highest BCUT2D eigenvalue weighted by Crippen LogP contribution is 2.31. The van der Waals surface area contributed by atoms with E-state index in [1.807, 2.05) is 37.3 Å². The molecule has 0 spiro atoms. The zero-order chi connectivity index (χ0) is 10.7. The minimum atomic E-state index is -1.20. The third-order valence-electron chi connectivity index (χ3n) is 2.55. The van der Waals surface area contributed by atoms with Gasteiger partial charge in [0.2, 0.25) is 0 Å². The number of hydrogen-bond donors (Lipinski definition) is 0. The topological polar surface area (TPSA) is 35.5 Å². The Bertz CT molecular complexity index is 336. The van der Waals surface area contributed by atoms with Gasteiger partial charge in [0.15, 0.2) is 6.29 Å². The molecule has 1 saturated heterocycles. The maximum atomic E-state index is 11.2. The fourth-order valence-corrected chi connectivity index (χ4v) is 1.72. The molecule has 15 heavy (non-hydrogen) atoms. The van der Waals surface area contributed by atoms with Gasteiger partial charge in [-0.3, -0.25) is 4.79 Å². The highest BCUT2D eigenvalue weighted by Gasteiger charge is 2.38. The number of ether oxygens (including phenoxy) is 2. The lowest BCUT2D eigenvalue weighted by Gasteiger charge is -2.36. The molecule has 0 amide bonds. The van der Waals surface area contributed by atoms with Gasteiger partial charge in [-0.1, -0.05) is 30.3 Å².